The summed E-state index contributed by atoms with van der Waals surface area (Å²) in [5.41, 5.74) is 5.26. The fourth-order valence-corrected chi connectivity index (χ4v) is 0.814. The van der Waals surface area contributed by atoms with Crippen molar-refractivity contribution in [1.29, 1.82) is 0 Å². The maximum atomic E-state index is 5.36. The number of hydrogen-bond donors (Lipinski definition) is 1. The van der Waals surface area contributed by atoms with Gasteiger partial charge in [-0.15, -0.1) is 0 Å². The molecule has 0 saturated carbocycles. The van der Waals surface area contributed by atoms with Crippen molar-refractivity contribution in [3.8, 4) is 0 Å². The molecule has 1 aliphatic heterocycles. The summed E-state index contributed by atoms with van der Waals surface area (Å²) < 4.78 is 0. The Morgan fingerprint density at radius 1 is 1.67 bits per heavy atom. The van der Waals surface area contributed by atoms with E-state index < -0.39 is 0 Å². The normalized spacial score (nSPS) is 31.8. The van der Waals surface area contributed by atoms with Crippen LogP contribution in [0.3, 0.4) is 0 Å². The van der Waals surface area contributed by atoms with Gasteiger partial charge in [0.05, 0.1) is 5.54 Å². The molecule has 0 aromatic rings. The topological polar surface area (TPSA) is 50.7 Å². The fraction of sp³-hybridized carbons (Fsp3) is 0.667. The van der Waals surface area contributed by atoms with Crippen LogP contribution in [0.4, 0.5) is 0 Å². The summed E-state index contributed by atoms with van der Waals surface area (Å²) in [6.07, 6.45) is 4.29. The average molecular weight is 125 g/mol. The van der Waals surface area contributed by atoms with Crippen molar-refractivity contribution >= 4 is 12.6 Å². The molecule has 1 atom stereocenters. The predicted molar refractivity (Wildman–Crippen MR) is 39.1 cm³/mol. The molecule has 3 nitrogen and oxygen atoms in total. The van der Waals surface area contributed by atoms with Gasteiger partial charge in [0.25, 0.3) is 0 Å². The summed E-state index contributed by atoms with van der Waals surface area (Å²) in [6, 6.07) is 0. The molecule has 0 aliphatic carbocycles. The van der Waals surface area contributed by atoms with Crippen LogP contribution in [0.15, 0.2) is 9.98 Å². The average Bonchev–Trinajstić information content (AvgIpc) is 2.16. The quantitative estimate of drug-likeness (QED) is 0.563. The Bertz CT molecular complexity index is 136. The van der Waals surface area contributed by atoms with Crippen LogP contribution in [0.5, 0.6) is 0 Å². The Morgan fingerprint density at radius 3 is 2.89 bits per heavy atom. The largest absolute Gasteiger partial charge is 0.330 e. The van der Waals surface area contributed by atoms with Gasteiger partial charge < -0.3 is 5.73 Å². The number of rotatable bonds is 2. The lowest BCUT2D eigenvalue weighted by Crippen LogP contribution is -2.25. The van der Waals surface area contributed by atoms with Crippen LogP contribution in [0, 0.1) is 0 Å². The third kappa shape index (κ3) is 1.36. The summed E-state index contributed by atoms with van der Waals surface area (Å²) >= 11 is 0. The predicted octanol–water partition coefficient (Wildman–Crippen LogP) is 0.207. The lowest BCUT2D eigenvalue weighted by atomic mass is 10.0. The maximum absolute atomic E-state index is 5.36. The first-order valence-electron chi connectivity index (χ1n) is 3.05. The first kappa shape index (κ1) is 6.42. The van der Waals surface area contributed by atoms with E-state index in [1.807, 2.05) is 13.1 Å². The van der Waals surface area contributed by atoms with Crippen molar-refractivity contribution in [2.75, 3.05) is 6.54 Å². The molecule has 9 heavy (non-hydrogen) atoms. The summed E-state index contributed by atoms with van der Waals surface area (Å²) in [7, 11) is 0. The fourth-order valence-electron chi connectivity index (χ4n) is 0.814. The molecule has 0 fully saturated rings. The van der Waals surface area contributed by atoms with Crippen molar-refractivity contribution in [2.24, 2.45) is 15.7 Å². The van der Waals surface area contributed by atoms with Crippen molar-refractivity contribution in [2.45, 2.75) is 18.9 Å². The van der Waals surface area contributed by atoms with Crippen molar-refractivity contribution in [3.63, 3.8) is 0 Å². The zero-order valence-corrected chi connectivity index (χ0v) is 5.54. The first-order chi connectivity index (χ1) is 4.27. The molecule has 2 N–H and O–H groups in total. The van der Waals surface area contributed by atoms with Crippen molar-refractivity contribution < 1.29 is 0 Å². The van der Waals surface area contributed by atoms with Gasteiger partial charge in [-0.05, 0) is 19.9 Å². The Labute approximate surface area is 54.7 Å². The molecule has 1 rings (SSSR count). The summed E-state index contributed by atoms with van der Waals surface area (Å²) in [5, 5.41) is 0. The number of aliphatic imine (C=N–C) groups is 2. The van der Waals surface area contributed by atoms with E-state index >= 15 is 0 Å². The van der Waals surface area contributed by atoms with Crippen LogP contribution in [0.2, 0.25) is 0 Å². The number of hydrogen-bond acceptors (Lipinski definition) is 3. The van der Waals surface area contributed by atoms with E-state index in [-0.39, 0.29) is 5.54 Å². The van der Waals surface area contributed by atoms with Gasteiger partial charge in [0.1, 0.15) is 6.34 Å². The Balaban J connectivity index is 2.53. The van der Waals surface area contributed by atoms with Gasteiger partial charge in [-0.1, -0.05) is 0 Å². The van der Waals surface area contributed by atoms with Gasteiger partial charge in [-0.2, -0.15) is 0 Å². The van der Waals surface area contributed by atoms with Crippen molar-refractivity contribution in [3.05, 3.63) is 0 Å². The summed E-state index contributed by atoms with van der Waals surface area (Å²) in [6.45, 7) is 2.69. The molecule has 1 heterocycles. The molecule has 50 valence electrons. The van der Waals surface area contributed by atoms with E-state index in [0.717, 1.165) is 6.42 Å². The molecule has 0 unspecified atom stereocenters. The molecule has 1 aliphatic rings. The van der Waals surface area contributed by atoms with Crippen LogP contribution in [0.25, 0.3) is 0 Å². The minimum atomic E-state index is -0.102. The molecular formula is C6H11N3. The van der Waals surface area contributed by atoms with Crippen LogP contribution >= 0.6 is 0 Å². The highest BCUT2D eigenvalue weighted by molar-refractivity contribution is 5.85. The van der Waals surface area contributed by atoms with Crippen LogP contribution in [-0.4, -0.2) is 24.6 Å². The maximum Gasteiger partial charge on any atom is 0.110 e. The van der Waals surface area contributed by atoms with Gasteiger partial charge in [-0.3, -0.25) is 4.99 Å². The first-order valence-corrected chi connectivity index (χ1v) is 3.05. The van der Waals surface area contributed by atoms with Crippen molar-refractivity contribution in [1.82, 2.24) is 0 Å². The number of nitrogens with zero attached hydrogens (tertiary/aromatic N) is 2. The van der Waals surface area contributed by atoms with E-state index in [1.165, 1.54) is 0 Å². The number of nitrogens with two attached hydrogens (primary N) is 1. The molecule has 0 bridgehead atoms. The highest BCUT2D eigenvalue weighted by Crippen LogP contribution is 2.13. The molecule has 0 saturated heterocycles. The molecule has 0 amide bonds. The Morgan fingerprint density at radius 2 is 2.44 bits per heavy atom. The zero-order chi connectivity index (χ0) is 6.74. The van der Waals surface area contributed by atoms with Gasteiger partial charge in [-0.25, -0.2) is 4.99 Å². The molecule has 0 aromatic carbocycles. The van der Waals surface area contributed by atoms with Gasteiger partial charge in [0.2, 0.25) is 0 Å². The van der Waals surface area contributed by atoms with Crippen LogP contribution in [0.1, 0.15) is 13.3 Å². The highest BCUT2D eigenvalue weighted by atomic mass is 15.0. The van der Waals surface area contributed by atoms with E-state index in [9.17, 15) is 0 Å². The van der Waals surface area contributed by atoms with E-state index in [4.69, 9.17) is 5.73 Å². The van der Waals surface area contributed by atoms with E-state index in [2.05, 4.69) is 9.98 Å². The Kier molecular flexibility index (Phi) is 1.62. The third-order valence-electron chi connectivity index (χ3n) is 1.42. The molecule has 0 spiro atoms. The minimum Gasteiger partial charge on any atom is -0.330 e. The second-order valence-electron chi connectivity index (χ2n) is 2.42. The third-order valence-corrected chi connectivity index (χ3v) is 1.42. The SMILES string of the molecule is C[C@@]1(CCN)C=NC=N1. The molecule has 0 radical (unpaired) electrons. The smallest absolute Gasteiger partial charge is 0.110 e. The van der Waals surface area contributed by atoms with Gasteiger partial charge >= 0.3 is 0 Å². The lowest BCUT2D eigenvalue weighted by Gasteiger charge is -2.13. The standard InChI is InChI=1S/C6H11N3/c1-6(2-3-7)4-8-5-9-6/h4-5H,2-3,7H2,1H3/t6-/m1/s1. The second kappa shape index (κ2) is 2.27. The monoisotopic (exact) mass is 125 g/mol. The van der Waals surface area contributed by atoms with Crippen LogP contribution < -0.4 is 5.73 Å². The summed E-state index contributed by atoms with van der Waals surface area (Å²) in [5.74, 6) is 0. The van der Waals surface area contributed by atoms with Gasteiger partial charge in [0.15, 0.2) is 0 Å². The van der Waals surface area contributed by atoms with E-state index in [0.29, 0.717) is 6.54 Å². The Hall–Kier alpha value is -0.700. The highest BCUT2D eigenvalue weighted by Gasteiger charge is 2.20. The van der Waals surface area contributed by atoms with Crippen LogP contribution in [-0.2, 0) is 0 Å². The molecular weight excluding hydrogens is 114 g/mol. The zero-order valence-electron chi connectivity index (χ0n) is 5.54. The lowest BCUT2D eigenvalue weighted by molar-refractivity contribution is 0.600. The molecule has 0 aromatic heterocycles. The molecule has 3 heteroatoms. The van der Waals surface area contributed by atoms with Gasteiger partial charge in [0, 0.05) is 6.21 Å². The minimum absolute atomic E-state index is 0.102. The summed E-state index contributed by atoms with van der Waals surface area (Å²) in [4.78, 5) is 8.01. The van der Waals surface area contributed by atoms with E-state index in [1.54, 1.807) is 6.34 Å². The second-order valence-corrected chi connectivity index (χ2v) is 2.42.